The molecule has 5 nitrogen and oxygen atoms in total. The average molecular weight is 248 g/mol. The summed E-state index contributed by atoms with van der Waals surface area (Å²) in [6, 6.07) is 7.65. The molecule has 1 amide bonds. The van der Waals surface area contributed by atoms with Gasteiger partial charge in [0.1, 0.15) is 18.0 Å². The highest BCUT2D eigenvalue weighted by atomic mass is 16.5. The van der Waals surface area contributed by atoms with E-state index in [1.54, 1.807) is 7.11 Å². The largest absolute Gasteiger partial charge is 0.497 e. The highest BCUT2D eigenvalue weighted by molar-refractivity contribution is 5.84. The molecule has 2 fully saturated rings. The van der Waals surface area contributed by atoms with Crippen LogP contribution in [-0.4, -0.2) is 43.7 Å². The Morgan fingerprint density at radius 1 is 1.50 bits per heavy atom. The first-order valence-corrected chi connectivity index (χ1v) is 6.07. The van der Waals surface area contributed by atoms with Crippen molar-refractivity contribution in [1.82, 2.24) is 10.2 Å². The van der Waals surface area contributed by atoms with Crippen molar-refractivity contribution in [3.63, 3.8) is 0 Å². The zero-order valence-corrected chi connectivity index (χ0v) is 10.3. The van der Waals surface area contributed by atoms with Gasteiger partial charge in [-0.3, -0.25) is 9.69 Å². The number of fused-ring (bicyclic) bond motifs is 1. The van der Waals surface area contributed by atoms with Crippen LogP contribution in [0.4, 0.5) is 0 Å². The molecule has 2 saturated heterocycles. The molecule has 5 heteroatoms. The van der Waals surface area contributed by atoms with Crippen LogP contribution in [0, 0.1) is 0 Å². The fraction of sp³-hybridized carbons (Fsp3) is 0.462. The van der Waals surface area contributed by atoms with Gasteiger partial charge in [0, 0.05) is 6.54 Å². The lowest BCUT2D eigenvalue weighted by atomic mass is 10.1. The average Bonchev–Trinajstić information content (AvgIpc) is 2.77. The first kappa shape index (κ1) is 11.5. The lowest BCUT2D eigenvalue weighted by molar-refractivity contribution is -0.125. The van der Waals surface area contributed by atoms with Crippen LogP contribution in [0.3, 0.4) is 0 Å². The third kappa shape index (κ3) is 1.85. The monoisotopic (exact) mass is 248 g/mol. The Kier molecular flexibility index (Phi) is 2.93. The molecular formula is C13H16N2O3. The molecule has 96 valence electrons. The number of carbonyl (C=O) groups excluding carboxylic acids is 1. The van der Waals surface area contributed by atoms with Gasteiger partial charge in [-0.2, -0.15) is 0 Å². The molecule has 18 heavy (non-hydrogen) atoms. The van der Waals surface area contributed by atoms with Crippen molar-refractivity contribution in [2.24, 2.45) is 0 Å². The molecule has 0 radical (unpaired) electrons. The Morgan fingerprint density at radius 2 is 2.39 bits per heavy atom. The second-order valence-electron chi connectivity index (χ2n) is 4.52. The van der Waals surface area contributed by atoms with E-state index in [0.29, 0.717) is 13.2 Å². The minimum Gasteiger partial charge on any atom is -0.497 e. The molecule has 1 aromatic carbocycles. The van der Waals surface area contributed by atoms with Crippen molar-refractivity contribution in [3.05, 3.63) is 29.8 Å². The first-order valence-electron chi connectivity index (χ1n) is 6.07. The fourth-order valence-electron chi connectivity index (χ4n) is 2.55. The van der Waals surface area contributed by atoms with Crippen molar-refractivity contribution in [3.8, 4) is 5.75 Å². The van der Waals surface area contributed by atoms with E-state index >= 15 is 0 Å². The molecule has 3 rings (SSSR count). The summed E-state index contributed by atoms with van der Waals surface area (Å²) in [6.45, 7) is 1.92. The number of rotatable bonds is 2. The number of methoxy groups -OCH3 is 1. The number of nitrogens with zero attached hydrogens (tertiary/aromatic N) is 1. The number of amides is 1. The van der Waals surface area contributed by atoms with Crippen molar-refractivity contribution < 1.29 is 14.3 Å². The molecule has 2 aliphatic heterocycles. The predicted molar refractivity (Wildman–Crippen MR) is 65.2 cm³/mol. The minimum absolute atomic E-state index is 0.0440. The van der Waals surface area contributed by atoms with Crippen molar-refractivity contribution in [1.29, 1.82) is 0 Å². The van der Waals surface area contributed by atoms with Crippen molar-refractivity contribution in [2.75, 3.05) is 26.9 Å². The Balaban J connectivity index is 1.89. The topological polar surface area (TPSA) is 50.8 Å². The van der Waals surface area contributed by atoms with Gasteiger partial charge < -0.3 is 14.8 Å². The Morgan fingerprint density at radius 3 is 3.22 bits per heavy atom. The zero-order chi connectivity index (χ0) is 12.5. The third-order valence-corrected chi connectivity index (χ3v) is 3.49. The van der Waals surface area contributed by atoms with E-state index in [4.69, 9.17) is 9.47 Å². The van der Waals surface area contributed by atoms with Crippen LogP contribution in [-0.2, 0) is 9.53 Å². The Hall–Kier alpha value is -1.59. The Bertz CT molecular complexity index is 463. The standard InChI is InChI=1S/C13H16N2O3/c1-17-10-4-2-3-9(7-10)12-14-13(16)11-8-18-6-5-15(11)12/h2-4,7,11-12H,5-6,8H2,1H3,(H,14,16)/t11-,12-/m0/s1. The van der Waals surface area contributed by atoms with Crippen molar-refractivity contribution in [2.45, 2.75) is 12.2 Å². The smallest absolute Gasteiger partial charge is 0.241 e. The molecule has 1 N–H and O–H groups in total. The van der Waals surface area contributed by atoms with Crippen LogP contribution in [0.5, 0.6) is 5.75 Å². The maximum Gasteiger partial charge on any atom is 0.241 e. The zero-order valence-electron chi connectivity index (χ0n) is 10.3. The van der Waals surface area contributed by atoms with E-state index in [1.807, 2.05) is 24.3 Å². The highest BCUT2D eigenvalue weighted by Gasteiger charge is 2.42. The van der Waals surface area contributed by atoms with Gasteiger partial charge in [0.05, 0.1) is 20.3 Å². The summed E-state index contributed by atoms with van der Waals surface area (Å²) in [7, 11) is 1.64. The summed E-state index contributed by atoms with van der Waals surface area (Å²) >= 11 is 0. The number of nitrogens with one attached hydrogen (secondary N) is 1. The van der Waals surface area contributed by atoms with Gasteiger partial charge in [0.25, 0.3) is 0 Å². The van der Waals surface area contributed by atoms with Crippen LogP contribution >= 0.6 is 0 Å². The fourth-order valence-corrected chi connectivity index (χ4v) is 2.55. The maximum atomic E-state index is 11.9. The number of benzene rings is 1. The molecule has 0 unspecified atom stereocenters. The van der Waals surface area contributed by atoms with Gasteiger partial charge >= 0.3 is 0 Å². The minimum atomic E-state index is -0.157. The quantitative estimate of drug-likeness (QED) is 0.829. The van der Waals surface area contributed by atoms with E-state index in [0.717, 1.165) is 17.9 Å². The maximum absolute atomic E-state index is 11.9. The van der Waals surface area contributed by atoms with Crippen LogP contribution < -0.4 is 10.1 Å². The third-order valence-electron chi connectivity index (χ3n) is 3.49. The molecule has 2 aliphatic rings. The van der Waals surface area contributed by atoms with Gasteiger partial charge in [-0.1, -0.05) is 12.1 Å². The lowest BCUT2D eigenvalue weighted by Gasteiger charge is -2.31. The Labute approximate surface area is 106 Å². The second-order valence-corrected chi connectivity index (χ2v) is 4.52. The summed E-state index contributed by atoms with van der Waals surface area (Å²) in [5.74, 6) is 0.848. The lowest BCUT2D eigenvalue weighted by Crippen LogP contribution is -2.44. The molecule has 1 aromatic rings. The summed E-state index contributed by atoms with van der Waals surface area (Å²) in [5.41, 5.74) is 1.05. The molecule has 0 aliphatic carbocycles. The highest BCUT2D eigenvalue weighted by Crippen LogP contribution is 2.29. The summed E-state index contributed by atoms with van der Waals surface area (Å²) < 4.78 is 10.6. The van der Waals surface area contributed by atoms with E-state index in [1.165, 1.54) is 0 Å². The van der Waals surface area contributed by atoms with Crippen LogP contribution in [0.2, 0.25) is 0 Å². The van der Waals surface area contributed by atoms with Crippen LogP contribution in [0.25, 0.3) is 0 Å². The molecule has 0 aromatic heterocycles. The van der Waals surface area contributed by atoms with Crippen LogP contribution in [0.15, 0.2) is 24.3 Å². The molecule has 0 saturated carbocycles. The van der Waals surface area contributed by atoms with E-state index < -0.39 is 0 Å². The normalized spacial score (nSPS) is 27.7. The number of morpholine rings is 1. The molecule has 2 atom stereocenters. The summed E-state index contributed by atoms with van der Waals surface area (Å²) in [6.07, 6.45) is -0.0681. The van der Waals surface area contributed by atoms with Gasteiger partial charge in [0.2, 0.25) is 5.91 Å². The predicted octanol–water partition coefficient (Wildman–Crippen LogP) is 0.524. The molecule has 0 spiro atoms. The van der Waals surface area contributed by atoms with Gasteiger partial charge in [-0.15, -0.1) is 0 Å². The van der Waals surface area contributed by atoms with E-state index in [-0.39, 0.29) is 18.1 Å². The number of hydrogen-bond acceptors (Lipinski definition) is 4. The van der Waals surface area contributed by atoms with Gasteiger partial charge in [-0.05, 0) is 17.7 Å². The van der Waals surface area contributed by atoms with Crippen molar-refractivity contribution >= 4 is 5.91 Å². The molecular weight excluding hydrogens is 232 g/mol. The molecule has 0 bridgehead atoms. The summed E-state index contributed by atoms with van der Waals surface area (Å²) in [5, 5.41) is 3.01. The number of ether oxygens (including phenoxy) is 2. The van der Waals surface area contributed by atoms with E-state index in [2.05, 4.69) is 10.2 Å². The van der Waals surface area contributed by atoms with Crippen LogP contribution in [0.1, 0.15) is 11.7 Å². The molecule has 2 heterocycles. The number of hydrogen-bond donors (Lipinski definition) is 1. The number of carbonyl (C=O) groups is 1. The second kappa shape index (κ2) is 4.59. The van der Waals surface area contributed by atoms with Gasteiger partial charge in [-0.25, -0.2) is 0 Å². The summed E-state index contributed by atoms with van der Waals surface area (Å²) in [4.78, 5) is 14.0. The first-order chi connectivity index (χ1) is 8.79. The van der Waals surface area contributed by atoms with E-state index in [9.17, 15) is 4.79 Å². The SMILES string of the molecule is COc1cccc([C@H]2NC(=O)[C@@H]3COCCN23)c1. The van der Waals surface area contributed by atoms with Gasteiger partial charge in [0.15, 0.2) is 0 Å².